The van der Waals surface area contributed by atoms with Crippen molar-refractivity contribution in [2.24, 2.45) is 5.73 Å². The lowest BCUT2D eigenvalue weighted by atomic mass is 10.1. The normalized spacial score (nSPS) is 16.5. The van der Waals surface area contributed by atoms with Crippen molar-refractivity contribution in [1.29, 1.82) is 0 Å². The van der Waals surface area contributed by atoms with Crippen LogP contribution in [0.2, 0.25) is 0 Å². The Morgan fingerprint density at radius 1 is 1.28 bits per heavy atom. The lowest BCUT2D eigenvalue weighted by molar-refractivity contribution is -0.132. The third kappa shape index (κ3) is 6.34. The number of nitrogens with one attached hydrogen (secondary N) is 1. The molecule has 1 aromatic rings. The highest BCUT2D eigenvalue weighted by atomic mass is 32.2. The van der Waals surface area contributed by atoms with Gasteiger partial charge in [0.1, 0.15) is 0 Å². The first-order chi connectivity index (χ1) is 12.0. The van der Waals surface area contributed by atoms with Gasteiger partial charge in [0.25, 0.3) is 0 Å². The summed E-state index contributed by atoms with van der Waals surface area (Å²) in [6.07, 6.45) is 2.99. The van der Waals surface area contributed by atoms with Crippen molar-refractivity contribution in [2.75, 3.05) is 50.6 Å². The van der Waals surface area contributed by atoms with Crippen LogP contribution in [-0.4, -0.2) is 72.9 Å². The second kappa shape index (κ2) is 9.79. The standard InChI is InChI=1S/C18H28N4O2S/c1-21-7-9-22(10-8-21)17(23)13-14-4-3-5-15(12-14)20-18(24)16(19)6-11-25-2/h3-5,12,16H,6-11,13,19H2,1-2H3,(H,20,24)/t16-/m0/s1. The van der Waals surface area contributed by atoms with Crippen molar-refractivity contribution in [3.63, 3.8) is 0 Å². The zero-order valence-corrected chi connectivity index (χ0v) is 15.8. The van der Waals surface area contributed by atoms with E-state index in [1.807, 2.05) is 35.4 Å². The largest absolute Gasteiger partial charge is 0.340 e. The Kier molecular flexibility index (Phi) is 7.74. The van der Waals surface area contributed by atoms with Crippen LogP contribution in [0, 0.1) is 0 Å². The van der Waals surface area contributed by atoms with E-state index in [4.69, 9.17) is 5.73 Å². The molecule has 3 N–H and O–H groups in total. The fourth-order valence-electron chi connectivity index (χ4n) is 2.71. The minimum absolute atomic E-state index is 0.133. The van der Waals surface area contributed by atoms with E-state index in [0.29, 0.717) is 18.5 Å². The minimum atomic E-state index is -0.511. The van der Waals surface area contributed by atoms with Crippen molar-refractivity contribution in [2.45, 2.75) is 18.9 Å². The van der Waals surface area contributed by atoms with E-state index in [1.54, 1.807) is 11.8 Å². The van der Waals surface area contributed by atoms with Gasteiger partial charge in [0.05, 0.1) is 12.5 Å². The smallest absolute Gasteiger partial charge is 0.241 e. The summed E-state index contributed by atoms with van der Waals surface area (Å²) in [5, 5.41) is 2.84. The van der Waals surface area contributed by atoms with Crippen molar-refractivity contribution in [3.8, 4) is 0 Å². The van der Waals surface area contributed by atoms with Crippen molar-refractivity contribution < 1.29 is 9.59 Å². The van der Waals surface area contributed by atoms with Crippen molar-refractivity contribution in [1.82, 2.24) is 9.80 Å². The summed E-state index contributed by atoms with van der Waals surface area (Å²) in [6.45, 7) is 3.37. The van der Waals surface area contributed by atoms with E-state index in [1.165, 1.54) is 0 Å². The first kappa shape index (κ1) is 19.8. The first-order valence-electron chi connectivity index (χ1n) is 8.60. The molecular formula is C18H28N4O2S. The monoisotopic (exact) mass is 364 g/mol. The molecule has 0 unspecified atom stereocenters. The molecule has 6 nitrogen and oxygen atoms in total. The number of carbonyl (C=O) groups is 2. The number of carbonyl (C=O) groups excluding carboxylic acids is 2. The Bertz CT molecular complexity index is 588. The molecule has 0 saturated carbocycles. The summed E-state index contributed by atoms with van der Waals surface area (Å²) in [4.78, 5) is 28.7. The van der Waals surface area contributed by atoms with E-state index in [0.717, 1.165) is 37.5 Å². The molecule has 0 radical (unpaired) electrons. The molecule has 1 aliphatic heterocycles. The Balaban J connectivity index is 1.90. The van der Waals surface area contributed by atoms with Crippen molar-refractivity contribution in [3.05, 3.63) is 29.8 Å². The number of nitrogens with two attached hydrogens (primary N) is 1. The summed E-state index contributed by atoms with van der Waals surface area (Å²) in [6, 6.07) is 6.94. The van der Waals surface area contributed by atoms with Crippen LogP contribution in [0.3, 0.4) is 0 Å². The number of nitrogens with zero attached hydrogens (tertiary/aromatic N) is 2. The number of amides is 2. The molecule has 1 heterocycles. The van der Waals surface area contributed by atoms with Gasteiger partial charge in [-0.05, 0) is 43.2 Å². The molecule has 0 bridgehead atoms. The van der Waals surface area contributed by atoms with Crippen LogP contribution in [0.1, 0.15) is 12.0 Å². The van der Waals surface area contributed by atoms with Gasteiger partial charge in [0, 0.05) is 31.9 Å². The molecule has 2 amide bonds. The molecule has 7 heteroatoms. The average Bonchev–Trinajstić information content (AvgIpc) is 2.60. The van der Waals surface area contributed by atoms with E-state index in [9.17, 15) is 9.59 Å². The molecule has 25 heavy (non-hydrogen) atoms. The molecule has 1 aromatic carbocycles. The fraction of sp³-hybridized carbons (Fsp3) is 0.556. The number of hydrogen-bond donors (Lipinski definition) is 2. The molecule has 1 saturated heterocycles. The molecular weight excluding hydrogens is 336 g/mol. The Morgan fingerprint density at radius 2 is 2.00 bits per heavy atom. The number of piperazine rings is 1. The number of anilines is 1. The van der Waals surface area contributed by atoms with Crippen LogP contribution >= 0.6 is 11.8 Å². The van der Waals surface area contributed by atoms with Crippen molar-refractivity contribution >= 4 is 29.3 Å². The third-order valence-electron chi connectivity index (χ3n) is 4.38. The quantitative estimate of drug-likeness (QED) is 0.755. The maximum Gasteiger partial charge on any atom is 0.241 e. The second-order valence-corrected chi connectivity index (χ2v) is 7.42. The number of hydrogen-bond acceptors (Lipinski definition) is 5. The van der Waals surface area contributed by atoms with E-state index < -0.39 is 6.04 Å². The Labute approximate surface area is 154 Å². The fourth-order valence-corrected chi connectivity index (χ4v) is 3.20. The molecule has 1 aliphatic rings. The van der Waals surface area contributed by atoms with Crippen LogP contribution in [0.25, 0.3) is 0 Å². The molecule has 1 fully saturated rings. The molecule has 2 rings (SSSR count). The van der Waals surface area contributed by atoms with Crippen LogP contribution in [-0.2, 0) is 16.0 Å². The average molecular weight is 365 g/mol. The lowest BCUT2D eigenvalue weighted by Crippen LogP contribution is -2.47. The number of thioether (sulfide) groups is 1. The summed E-state index contributed by atoms with van der Waals surface area (Å²) in [5.41, 5.74) is 7.48. The molecule has 0 aromatic heterocycles. The molecule has 138 valence electrons. The second-order valence-electron chi connectivity index (χ2n) is 6.44. The van der Waals surface area contributed by atoms with Gasteiger partial charge in [-0.15, -0.1) is 0 Å². The first-order valence-corrected chi connectivity index (χ1v) is 9.99. The predicted octanol–water partition coefficient (Wildman–Crippen LogP) is 1.02. The topological polar surface area (TPSA) is 78.7 Å². The molecule has 0 spiro atoms. The zero-order chi connectivity index (χ0) is 18.2. The van der Waals surface area contributed by atoms with Gasteiger partial charge in [0.2, 0.25) is 11.8 Å². The number of benzene rings is 1. The van der Waals surface area contributed by atoms with E-state index >= 15 is 0 Å². The highest BCUT2D eigenvalue weighted by Gasteiger charge is 2.19. The van der Waals surface area contributed by atoms with Gasteiger partial charge >= 0.3 is 0 Å². The van der Waals surface area contributed by atoms with Crippen LogP contribution in [0.15, 0.2) is 24.3 Å². The summed E-state index contributed by atoms with van der Waals surface area (Å²) in [7, 11) is 2.07. The lowest BCUT2D eigenvalue weighted by Gasteiger charge is -2.32. The van der Waals surface area contributed by atoms with E-state index in [2.05, 4.69) is 17.3 Å². The molecule has 1 atom stereocenters. The van der Waals surface area contributed by atoms with Crippen LogP contribution in [0.4, 0.5) is 5.69 Å². The van der Waals surface area contributed by atoms with Gasteiger partial charge in [0.15, 0.2) is 0 Å². The maximum atomic E-state index is 12.4. The molecule has 0 aliphatic carbocycles. The van der Waals surface area contributed by atoms with Gasteiger partial charge < -0.3 is 20.9 Å². The predicted molar refractivity (Wildman–Crippen MR) is 104 cm³/mol. The van der Waals surface area contributed by atoms with Crippen LogP contribution in [0.5, 0.6) is 0 Å². The Morgan fingerprint density at radius 3 is 2.68 bits per heavy atom. The summed E-state index contributed by atoms with van der Waals surface area (Å²) in [5.74, 6) is 0.804. The highest BCUT2D eigenvalue weighted by molar-refractivity contribution is 7.98. The van der Waals surface area contributed by atoms with Gasteiger partial charge in [-0.3, -0.25) is 9.59 Å². The minimum Gasteiger partial charge on any atom is -0.340 e. The van der Waals surface area contributed by atoms with Gasteiger partial charge in [-0.1, -0.05) is 12.1 Å². The maximum absolute atomic E-state index is 12.4. The van der Waals surface area contributed by atoms with E-state index in [-0.39, 0.29) is 11.8 Å². The van der Waals surface area contributed by atoms with Crippen LogP contribution < -0.4 is 11.1 Å². The Hall–Kier alpha value is -1.57. The SMILES string of the molecule is CSCC[C@H](N)C(=O)Nc1cccc(CC(=O)N2CCN(C)CC2)c1. The van der Waals surface area contributed by atoms with Gasteiger partial charge in [-0.2, -0.15) is 11.8 Å². The summed E-state index contributed by atoms with van der Waals surface area (Å²) >= 11 is 1.67. The number of rotatable bonds is 7. The summed E-state index contributed by atoms with van der Waals surface area (Å²) < 4.78 is 0. The number of likely N-dealkylation sites (N-methyl/N-ethyl adjacent to an activating group) is 1. The zero-order valence-electron chi connectivity index (χ0n) is 15.0. The van der Waals surface area contributed by atoms with Gasteiger partial charge in [-0.25, -0.2) is 0 Å². The third-order valence-corrected chi connectivity index (χ3v) is 5.02. The highest BCUT2D eigenvalue weighted by Crippen LogP contribution is 2.14.